The molecule has 0 bridgehead atoms. The van der Waals surface area contributed by atoms with Crippen LogP contribution in [-0.4, -0.2) is 69.2 Å². The third kappa shape index (κ3) is 11.1. The Morgan fingerprint density at radius 2 is 1.48 bits per heavy atom. The quantitative estimate of drug-likeness (QED) is 0.0948. The van der Waals surface area contributed by atoms with Crippen molar-refractivity contribution in [2.24, 2.45) is 5.41 Å². The minimum absolute atomic E-state index is 0.104. The summed E-state index contributed by atoms with van der Waals surface area (Å²) < 4.78 is 13.1. The van der Waals surface area contributed by atoms with Crippen molar-refractivity contribution in [2.45, 2.75) is 98.4 Å². The number of aliphatic carboxylic acids is 1. The second-order valence-corrected chi connectivity index (χ2v) is 15.6. The van der Waals surface area contributed by atoms with Gasteiger partial charge >= 0.3 is 12.1 Å². The molecule has 1 atom stereocenters. The van der Waals surface area contributed by atoms with Crippen molar-refractivity contribution in [1.82, 2.24) is 20.1 Å². The maximum atomic E-state index is 14.4. The fourth-order valence-electron chi connectivity index (χ4n) is 6.43. The Bertz CT molecular complexity index is 1880. The molecular formula is C43H56N4O7. The van der Waals surface area contributed by atoms with Crippen LogP contribution in [0.3, 0.4) is 0 Å². The van der Waals surface area contributed by atoms with Gasteiger partial charge in [0.25, 0.3) is 5.91 Å². The Hall–Kier alpha value is -5.32. The van der Waals surface area contributed by atoms with Crippen LogP contribution >= 0.6 is 0 Å². The SMILES string of the molecule is CCN(CCc1ccccc1)C(=O)Cn1c(C(=O)NC(CCCCNC(=O)OC(C)(C)C)(C(=O)O)C(C)(C)C)cc2cc(OCc3ccccc3)ccc21. The van der Waals surface area contributed by atoms with Crippen molar-refractivity contribution in [3.63, 3.8) is 0 Å². The van der Waals surface area contributed by atoms with Gasteiger partial charge in [-0.2, -0.15) is 0 Å². The first-order valence-corrected chi connectivity index (χ1v) is 18.7. The number of fused-ring (bicyclic) bond motifs is 1. The summed E-state index contributed by atoms with van der Waals surface area (Å²) in [6, 6.07) is 26.9. The third-order valence-corrected chi connectivity index (χ3v) is 9.51. The van der Waals surface area contributed by atoms with Gasteiger partial charge in [-0.25, -0.2) is 9.59 Å². The number of carboxylic acid groups (broad SMARTS) is 1. The summed E-state index contributed by atoms with van der Waals surface area (Å²) in [6.45, 7) is 14.1. The average Bonchev–Trinajstić information content (AvgIpc) is 3.47. The monoisotopic (exact) mass is 740 g/mol. The molecule has 11 nitrogen and oxygen atoms in total. The number of hydrogen-bond donors (Lipinski definition) is 3. The van der Waals surface area contributed by atoms with Gasteiger partial charge in [0, 0.05) is 30.5 Å². The largest absolute Gasteiger partial charge is 0.489 e. The summed E-state index contributed by atoms with van der Waals surface area (Å²) in [5.41, 5.74) is -0.288. The Labute approximate surface area is 319 Å². The van der Waals surface area contributed by atoms with Gasteiger partial charge in [0.1, 0.15) is 35.7 Å². The minimum Gasteiger partial charge on any atom is -0.489 e. The zero-order valence-corrected chi connectivity index (χ0v) is 32.7. The van der Waals surface area contributed by atoms with E-state index in [4.69, 9.17) is 9.47 Å². The summed E-state index contributed by atoms with van der Waals surface area (Å²) in [6.07, 6.45) is 1.11. The number of alkyl carbamates (subject to hydrolysis) is 1. The van der Waals surface area contributed by atoms with Crippen LogP contribution in [0.25, 0.3) is 10.9 Å². The van der Waals surface area contributed by atoms with Crippen LogP contribution in [0.1, 0.15) is 89.3 Å². The summed E-state index contributed by atoms with van der Waals surface area (Å²) in [4.78, 5) is 55.4. The molecule has 3 aromatic carbocycles. The first-order chi connectivity index (χ1) is 25.5. The van der Waals surface area contributed by atoms with Gasteiger partial charge in [-0.05, 0) is 94.2 Å². The van der Waals surface area contributed by atoms with Gasteiger partial charge in [0.15, 0.2) is 0 Å². The number of unbranched alkanes of at least 4 members (excludes halogenated alkanes) is 1. The highest BCUT2D eigenvalue weighted by Crippen LogP contribution is 2.36. The van der Waals surface area contributed by atoms with Crippen molar-refractivity contribution in [3.8, 4) is 5.75 Å². The molecule has 11 heteroatoms. The lowest BCUT2D eigenvalue weighted by molar-refractivity contribution is -0.150. The lowest BCUT2D eigenvalue weighted by Gasteiger charge is -2.42. The van der Waals surface area contributed by atoms with Crippen LogP contribution in [-0.2, 0) is 33.9 Å². The van der Waals surface area contributed by atoms with E-state index in [9.17, 15) is 24.3 Å². The number of ether oxygens (including phenoxy) is 2. The van der Waals surface area contributed by atoms with Crippen LogP contribution in [0.15, 0.2) is 84.9 Å². The Morgan fingerprint density at radius 3 is 2.07 bits per heavy atom. The summed E-state index contributed by atoms with van der Waals surface area (Å²) in [5.74, 6) is -1.35. The molecule has 290 valence electrons. The van der Waals surface area contributed by atoms with Gasteiger partial charge in [-0.3, -0.25) is 9.59 Å². The van der Waals surface area contributed by atoms with Crippen LogP contribution in [0, 0.1) is 5.41 Å². The summed E-state index contributed by atoms with van der Waals surface area (Å²) in [7, 11) is 0. The normalized spacial score (nSPS) is 12.8. The fraction of sp³-hybridized carbons (Fsp3) is 0.442. The molecule has 3 N–H and O–H groups in total. The molecule has 0 fully saturated rings. The van der Waals surface area contributed by atoms with Crippen LogP contribution in [0.4, 0.5) is 4.79 Å². The van der Waals surface area contributed by atoms with E-state index in [0.717, 1.165) is 11.1 Å². The number of carbonyl (C=O) groups excluding carboxylic acids is 3. The Kier molecular flexibility index (Phi) is 13.9. The third-order valence-electron chi connectivity index (χ3n) is 9.51. The molecule has 54 heavy (non-hydrogen) atoms. The summed E-state index contributed by atoms with van der Waals surface area (Å²) >= 11 is 0. The smallest absolute Gasteiger partial charge is 0.407 e. The van der Waals surface area contributed by atoms with E-state index in [1.165, 1.54) is 0 Å². The van der Waals surface area contributed by atoms with Crippen molar-refractivity contribution in [1.29, 1.82) is 0 Å². The first kappa shape index (κ1) is 41.4. The number of likely N-dealkylation sites (N-methyl/N-ethyl adjacent to an activating group) is 1. The molecule has 0 radical (unpaired) electrons. The number of hydrogen-bond acceptors (Lipinski definition) is 6. The lowest BCUT2D eigenvalue weighted by atomic mass is 9.70. The molecule has 0 aliphatic heterocycles. The van der Waals surface area contributed by atoms with Crippen molar-refractivity contribution in [2.75, 3.05) is 19.6 Å². The van der Waals surface area contributed by atoms with Gasteiger partial charge < -0.3 is 34.7 Å². The number of carbonyl (C=O) groups is 4. The predicted octanol–water partition coefficient (Wildman–Crippen LogP) is 7.61. The maximum Gasteiger partial charge on any atom is 0.407 e. The van der Waals surface area contributed by atoms with E-state index < -0.39 is 34.5 Å². The highest BCUT2D eigenvalue weighted by Gasteiger charge is 2.50. The van der Waals surface area contributed by atoms with Crippen LogP contribution in [0.5, 0.6) is 5.75 Å². The van der Waals surface area contributed by atoms with E-state index in [2.05, 4.69) is 10.6 Å². The molecular weight excluding hydrogens is 684 g/mol. The Morgan fingerprint density at radius 1 is 0.833 bits per heavy atom. The standard InChI is InChI=1S/C43H56N4O7/c1-8-46(26-23-31-17-11-9-12-18-31)37(48)29-47-35-22-21-34(53-30-32-19-13-10-14-20-32)27-33(35)28-36(47)38(49)45-43(39(50)51,41(2,3)4)24-15-16-25-44-40(52)54-42(5,6)7/h9-14,17-22,27-28H,8,15-16,23-26,29-30H2,1-7H3,(H,44,52)(H,45,49)(H,50,51). The van der Waals surface area contributed by atoms with Gasteiger partial charge in [-0.15, -0.1) is 0 Å². The zero-order chi connectivity index (χ0) is 39.5. The van der Waals surface area contributed by atoms with Crippen molar-refractivity contribution in [3.05, 3.63) is 102 Å². The molecule has 0 aliphatic carbocycles. The van der Waals surface area contributed by atoms with Gasteiger partial charge in [0.2, 0.25) is 5.91 Å². The van der Waals surface area contributed by atoms with Gasteiger partial charge in [0.05, 0.1) is 0 Å². The van der Waals surface area contributed by atoms with Crippen molar-refractivity contribution >= 4 is 34.8 Å². The second kappa shape index (κ2) is 18.1. The zero-order valence-electron chi connectivity index (χ0n) is 32.7. The topological polar surface area (TPSA) is 139 Å². The second-order valence-electron chi connectivity index (χ2n) is 15.6. The molecule has 3 amide bonds. The van der Waals surface area contributed by atoms with E-state index in [0.29, 0.717) is 55.6 Å². The number of carboxylic acids is 1. The maximum absolute atomic E-state index is 14.4. The number of aromatic nitrogens is 1. The molecule has 0 aliphatic rings. The summed E-state index contributed by atoms with van der Waals surface area (Å²) in [5, 5.41) is 17.0. The highest BCUT2D eigenvalue weighted by atomic mass is 16.6. The molecule has 0 spiro atoms. The van der Waals surface area contributed by atoms with E-state index in [1.54, 1.807) is 57.1 Å². The van der Waals surface area contributed by atoms with Gasteiger partial charge in [-0.1, -0.05) is 81.4 Å². The number of nitrogens with zero attached hydrogens (tertiary/aromatic N) is 2. The fourth-order valence-corrected chi connectivity index (χ4v) is 6.43. The van der Waals surface area contributed by atoms with E-state index in [1.807, 2.05) is 85.8 Å². The number of nitrogens with one attached hydrogen (secondary N) is 2. The van der Waals surface area contributed by atoms with Crippen LogP contribution < -0.4 is 15.4 Å². The lowest BCUT2D eigenvalue weighted by Crippen LogP contribution is -2.62. The highest BCUT2D eigenvalue weighted by molar-refractivity contribution is 6.02. The Balaban J connectivity index is 1.62. The molecule has 0 saturated carbocycles. The van der Waals surface area contributed by atoms with Crippen molar-refractivity contribution < 1.29 is 33.8 Å². The molecule has 4 rings (SSSR count). The number of benzene rings is 3. The number of amides is 3. The predicted molar refractivity (Wildman–Crippen MR) is 210 cm³/mol. The molecule has 1 aromatic heterocycles. The minimum atomic E-state index is -1.67. The van der Waals surface area contributed by atoms with Crippen LogP contribution in [0.2, 0.25) is 0 Å². The van der Waals surface area contributed by atoms with E-state index in [-0.39, 0.29) is 31.1 Å². The van der Waals surface area contributed by atoms with E-state index >= 15 is 0 Å². The molecule has 0 saturated heterocycles. The molecule has 1 heterocycles. The average molecular weight is 741 g/mol. The first-order valence-electron chi connectivity index (χ1n) is 18.7. The molecule has 1 unspecified atom stereocenters. The molecule has 4 aromatic rings. The number of rotatable bonds is 17.